The molecule has 3 aromatic carbocycles. The number of carboxylic acids is 1. The Labute approximate surface area is 208 Å². The Morgan fingerprint density at radius 3 is 2.11 bits per heavy atom. The number of hydrogen-bond donors (Lipinski definition) is 3. The number of benzene rings is 3. The van der Waals surface area contributed by atoms with Gasteiger partial charge in [-0.25, -0.2) is 9.59 Å². The zero-order valence-electron chi connectivity index (χ0n) is 19.6. The minimum absolute atomic E-state index is 0.213. The lowest BCUT2D eigenvalue weighted by Gasteiger charge is -2.25. The molecule has 0 unspecified atom stereocenters. The number of carbonyl (C=O) groups excluding carboxylic acids is 3. The van der Waals surface area contributed by atoms with E-state index in [1.165, 1.54) is 15.9 Å². The van der Waals surface area contributed by atoms with Gasteiger partial charge in [-0.05, 0) is 48.0 Å². The first-order chi connectivity index (χ1) is 17.3. The normalized spacial score (nSPS) is 10.5. The van der Waals surface area contributed by atoms with Crippen LogP contribution in [-0.2, 0) is 14.4 Å². The Bertz CT molecular complexity index is 1250. The highest BCUT2D eigenvalue weighted by Gasteiger charge is 2.22. The molecule has 0 heterocycles. The Hall–Kier alpha value is -4.92. The van der Waals surface area contributed by atoms with Crippen molar-refractivity contribution in [3.8, 4) is 0 Å². The topological polar surface area (TPSA) is 119 Å². The van der Waals surface area contributed by atoms with Gasteiger partial charge in [0.2, 0.25) is 11.8 Å². The molecule has 3 N–H and O–H groups in total. The van der Waals surface area contributed by atoms with Crippen LogP contribution in [-0.4, -0.2) is 49.1 Å². The minimum atomic E-state index is -1.08. The van der Waals surface area contributed by atoms with Crippen LogP contribution in [0.1, 0.15) is 5.56 Å². The first kappa shape index (κ1) is 25.7. The average molecular weight is 487 g/mol. The van der Waals surface area contributed by atoms with Crippen LogP contribution in [0.5, 0.6) is 0 Å². The van der Waals surface area contributed by atoms with Crippen molar-refractivity contribution in [3.05, 3.63) is 96.6 Å². The van der Waals surface area contributed by atoms with E-state index >= 15 is 0 Å². The maximum Gasteiger partial charge on any atom is 0.328 e. The second kappa shape index (κ2) is 12.5. The van der Waals surface area contributed by atoms with Crippen LogP contribution in [0.3, 0.4) is 0 Å². The summed E-state index contributed by atoms with van der Waals surface area (Å²) in [6, 6.07) is 23.8. The minimum Gasteiger partial charge on any atom is -0.478 e. The Morgan fingerprint density at radius 1 is 0.833 bits per heavy atom. The molecule has 0 fully saturated rings. The van der Waals surface area contributed by atoms with Crippen LogP contribution in [0, 0.1) is 0 Å². The van der Waals surface area contributed by atoms with Crippen molar-refractivity contribution in [1.82, 2.24) is 5.32 Å². The first-order valence-corrected chi connectivity index (χ1v) is 11.1. The lowest BCUT2D eigenvalue weighted by molar-refractivity contribution is -0.131. The average Bonchev–Trinajstić information content (AvgIpc) is 2.89. The molecule has 0 saturated carbocycles. The highest BCUT2D eigenvalue weighted by atomic mass is 16.4. The van der Waals surface area contributed by atoms with Gasteiger partial charge in [0.1, 0.15) is 6.54 Å². The third-order valence-corrected chi connectivity index (χ3v) is 5.14. The summed E-state index contributed by atoms with van der Waals surface area (Å²) in [5.41, 5.74) is 2.23. The van der Waals surface area contributed by atoms with E-state index in [0.29, 0.717) is 22.6 Å². The molecule has 0 radical (unpaired) electrons. The standard InChI is InChI=1S/C27H26N4O5/c1-30(22-11-4-2-5-12-22)25(33)19-31(23-13-6-3-7-14-23)24(32)18-28-27(36)29-21-10-8-9-20(17-21)15-16-26(34)35/h2-17H,18-19H2,1H3,(H,34,35)(H2,28,29,36)/b16-15+. The van der Waals surface area contributed by atoms with Crippen molar-refractivity contribution in [3.63, 3.8) is 0 Å². The SMILES string of the molecule is CN(C(=O)CN(C(=O)CNC(=O)Nc1cccc(/C=C/C(=O)O)c1)c1ccccc1)c1ccccc1. The summed E-state index contributed by atoms with van der Waals surface area (Å²) < 4.78 is 0. The molecular weight excluding hydrogens is 460 g/mol. The number of hydrogen-bond acceptors (Lipinski definition) is 4. The fourth-order valence-electron chi connectivity index (χ4n) is 3.28. The fourth-order valence-corrected chi connectivity index (χ4v) is 3.28. The molecule has 9 nitrogen and oxygen atoms in total. The third-order valence-electron chi connectivity index (χ3n) is 5.14. The summed E-state index contributed by atoms with van der Waals surface area (Å²) >= 11 is 0. The number of para-hydroxylation sites is 2. The Kier molecular flexibility index (Phi) is 8.94. The lowest BCUT2D eigenvalue weighted by Crippen LogP contribution is -2.46. The number of nitrogens with one attached hydrogen (secondary N) is 2. The number of likely N-dealkylation sites (N-methyl/N-ethyl adjacent to an activating group) is 1. The van der Waals surface area contributed by atoms with Gasteiger partial charge in [-0.15, -0.1) is 0 Å². The van der Waals surface area contributed by atoms with E-state index in [1.807, 2.05) is 18.2 Å². The predicted octanol–water partition coefficient (Wildman–Crippen LogP) is 3.60. The van der Waals surface area contributed by atoms with Gasteiger partial charge in [-0.3, -0.25) is 9.59 Å². The zero-order valence-corrected chi connectivity index (χ0v) is 19.6. The van der Waals surface area contributed by atoms with Crippen LogP contribution in [0.15, 0.2) is 91.0 Å². The highest BCUT2D eigenvalue weighted by Crippen LogP contribution is 2.16. The molecule has 36 heavy (non-hydrogen) atoms. The molecule has 9 heteroatoms. The molecule has 0 aliphatic carbocycles. The number of urea groups is 1. The van der Waals surface area contributed by atoms with Crippen molar-refractivity contribution in [2.24, 2.45) is 0 Å². The van der Waals surface area contributed by atoms with Gasteiger partial charge in [0, 0.05) is 30.2 Å². The van der Waals surface area contributed by atoms with Crippen molar-refractivity contribution in [2.45, 2.75) is 0 Å². The van der Waals surface area contributed by atoms with Crippen molar-refractivity contribution >= 4 is 47.0 Å². The Balaban J connectivity index is 1.64. The van der Waals surface area contributed by atoms with Crippen LogP contribution < -0.4 is 20.4 Å². The van der Waals surface area contributed by atoms with Crippen LogP contribution >= 0.6 is 0 Å². The smallest absolute Gasteiger partial charge is 0.328 e. The van der Waals surface area contributed by atoms with E-state index < -0.39 is 17.9 Å². The molecule has 3 rings (SSSR count). The maximum atomic E-state index is 13.0. The number of rotatable bonds is 9. The van der Waals surface area contributed by atoms with E-state index in [9.17, 15) is 19.2 Å². The Morgan fingerprint density at radius 2 is 1.47 bits per heavy atom. The van der Waals surface area contributed by atoms with E-state index in [1.54, 1.807) is 73.8 Å². The predicted molar refractivity (Wildman–Crippen MR) is 139 cm³/mol. The summed E-state index contributed by atoms with van der Waals surface area (Å²) in [6.45, 7) is -0.558. The largest absolute Gasteiger partial charge is 0.478 e. The molecule has 3 aromatic rings. The van der Waals surface area contributed by atoms with E-state index in [-0.39, 0.29) is 19.0 Å². The number of carbonyl (C=O) groups is 4. The van der Waals surface area contributed by atoms with Gasteiger partial charge in [0.05, 0.1) is 6.54 Å². The van der Waals surface area contributed by atoms with Crippen molar-refractivity contribution < 1.29 is 24.3 Å². The van der Waals surface area contributed by atoms with Gasteiger partial charge in [0.25, 0.3) is 0 Å². The van der Waals surface area contributed by atoms with Gasteiger partial charge in [0.15, 0.2) is 0 Å². The van der Waals surface area contributed by atoms with E-state index in [2.05, 4.69) is 10.6 Å². The van der Waals surface area contributed by atoms with E-state index in [0.717, 1.165) is 6.08 Å². The maximum absolute atomic E-state index is 13.0. The monoisotopic (exact) mass is 486 g/mol. The van der Waals surface area contributed by atoms with Crippen molar-refractivity contribution in [2.75, 3.05) is 35.3 Å². The molecule has 0 spiro atoms. The molecule has 184 valence electrons. The molecule has 0 aliphatic rings. The van der Waals surface area contributed by atoms with Crippen LogP contribution in [0.2, 0.25) is 0 Å². The second-order valence-corrected chi connectivity index (χ2v) is 7.71. The summed E-state index contributed by atoms with van der Waals surface area (Å²) in [7, 11) is 1.64. The molecule has 0 atom stereocenters. The number of anilines is 3. The summed E-state index contributed by atoms with van der Waals surface area (Å²) in [5.74, 6) is -1.85. The molecule has 4 amide bonds. The molecular formula is C27H26N4O5. The van der Waals surface area contributed by atoms with Gasteiger partial charge < -0.3 is 25.5 Å². The van der Waals surface area contributed by atoms with Crippen LogP contribution in [0.25, 0.3) is 6.08 Å². The molecule has 0 bridgehead atoms. The molecule has 0 saturated heterocycles. The summed E-state index contributed by atoms with van der Waals surface area (Å²) in [6.07, 6.45) is 2.39. The van der Waals surface area contributed by atoms with Gasteiger partial charge in [-0.1, -0.05) is 48.5 Å². The molecule has 0 aromatic heterocycles. The number of nitrogens with zero attached hydrogens (tertiary/aromatic N) is 2. The quantitative estimate of drug-likeness (QED) is 0.399. The fraction of sp³-hybridized carbons (Fsp3) is 0.111. The summed E-state index contributed by atoms with van der Waals surface area (Å²) in [4.78, 5) is 51.8. The van der Waals surface area contributed by atoms with Gasteiger partial charge in [-0.2, -0.15) is 0 Å². The zero-order chi connectivity index (χ0) is 25.9. The lowest BCUT2D eigenvalue weighted by atomic mass is 10.2. The highest BCUT2D eigenvalue weighted by molar-refractivity contribution is 6.05. The van der Waals surface area contributed by atoms with Gasteiger partial charge >= 0.3 is 12.0 Å². The van der Waals surface area contributed by atoms with Crippen LogP contribution in [0.4, 0.5) is 21.9 Å². The molecule has 0 aliphatic heterocycles. The number of carboxylic acid groups (broad SMARTS) is 1. The third kappa shape index (κ3) is 7.56. The summed E-state index contributed by atoms with van der Waals surface area (Å²) in [5, 5.41) is 13.9. The second-order valence-electron chi connectivity index (χ2n) is 7.71. The van der Waals surface area contributed by atoms with Crippen molar-refractivity contribution in [1.29, 1.82) is 0 Å². The number of amides is 4. The number of aliphatic carboxylic acids is 1. The first-order valence-electron chi connectivity index (χ1n) is 11.1. The van der Waals surface area contributed by atoms with E-state index in [4.69, 9.17) is 5.11 Å².